The number of hydrogen-bond donors (Lipinski definition) is 3. The number of carbonyl (C=O) groups is 3. The third kappa shape index (κ3) is 3.36. The number of carboxylic acids is 3. The lowest BCUT2D eigenvalue weighted by atomic mass is 9.48. The molecule has 1 unspecified atom stereocenters. The van der Waals surface area contributed by atoms with Crippen LogP contribution in [0.25, 0.3) is 0 Å². The van der Waals surface area contributed by atoms with Crippen LogP contribution < -0.4 is 0 Å². The zero-order valence-corrected chi connectivity index (χ0v) is 13.7. The molecule has 0 aliphatic rings. The van der Waals surface area contributed by atoms with Crippen LogP contribution in [0.4, 0.5) is 0 Å². The molecule has 0 fully saturated rings. The Morgan fingerprint density at radius 3 is 1.10 bits per heavy atom. The lowest BCUT2D eigenvalue weighted by molar-refractivity contribution is -0.181. The summed E-state index contributed by atoms with van der Waals surface area (Å²) in [5.41, 5.74) is -2.29. The standard InChI is InChI=1S/C15H26O6/c1-13(2,3)15(7,14(4,5)6)9(12(20)21)8(10(16)17)11(18)19/h8-9H,1-7H3,(H,16,17)(H,18,19)(H,20,21). The predicted molar refractivity (Wildman–Crippen MR) is 76.9 cm³/mol. The molecule has 0 bridgehead atoms. The van der Waals surface area contributed by atoms with Crippen molar-refractivity contribution in [2.45, 2.75) is 48.5 Å². The van der Waals surface area contributed by atoms with Crippen molar-refractivity contribution in [3.63, 3.8) is 0 Å². The van der Waals surface area contributed by atoms with Crippen LogP contribution in [-0.4, -0.2) is 33.2 Å². The van der Waals surface area contributed by atoms with E-state index in [1.165, 1.54) is 0 Å². The Bertz CT molecular complexity index is 410. The number of carboxylic acid groups (broad SMARTS) is 3. The van der Waals surface area contributed by atoms with Crippen LogP contribution in [0.3, 0.4) is 0 Å². The van der Waals surface area contributed by atoms with E-state index in [1.54, 1.807) is 48.5 Å². The molecule has 0 aromatic carbocycles. The second-order valence-corrected chi connectivity index (χ2v) is 7.67. The highest BCUT2D eigenvalue weighted by Gasteiger charge is 2.60. The molecule has 0 spiro atoms. The van der Waals surface area contributed by atoms with Crippen LogP contribution >= 0.6 is 0 Å². The summed E-state index contributed by atoms with van der Waals surface area (Å²) in [5.74, 6) is -8.21. The summed E-state index contributed by atoms with van der Waals surface area (Å²) in [5, 5.41) is 28.0. The lowest BCUT2D eigenvalue weighted by Crippen LogP contribution is -2.56. The van der Waals surface area contributed by atoms with Gasteiger partial charge in [0.2, 0.25) is 0 Å². The summed E-state index contributed by atoms with van der Waals surface area (Å²) in [6.07, 6.45) is 0. The van der Waals surface area contributed by atoms with Crippen LogP contribution in [0, 0.1) is 28.1 Å². The highest BCUT2D eigenvalue weighted by atomic mass is 16.4. The summed E-state index contributed by atoms with van der Waals surface area (Å²) in [7, 11) is 0. The van der Waals surface area contributed by atoms with E-state index in [9.17, 15) is 29.7 Å². The van der Waals surface area contributed by atoms with E-state index in [2.05, 4.69) is 0 Å². The van der Waals surface area contributed by atoms with E-state index in [0.717, 1.165) is 0 Å². The van der Waals surface area contributed by atoms with Crippen molar-refractivity contribution in [1.29, 1.82) is 0 Å². The highest BCUT2D eigenvalue weighted by Crippen LogP contribution is 2.58. The van der Waals surface area contributed by atoms with Gasteiger partial charge in [0.25, 0.3) is 0 Å². The minimum Gasteiger partial charge on any atom is -0.481 e. The molecule has 0 saturated carbocycles. The maximum absolute atomic E-state index is 11.8. The molecule has 0 aromatic rings. The van der Waals surface area contributed by atoms with Gasteiger partial charge in [-0.3, -0.25) is 14.4 Å². The molecule has 122 valence electrons. The van der Waals surface area contributed by atoms with Gasteiger partial charge in [0, 0.05) is 0 Å². The number of rotatable bonds is 5. The average Bonchev–Trinajstić information content (AvgIpc) is 2.19. The first-order chi connectivity index (χ1) is 9.09. The van der Waals surface area contributed by atoms with Crippen LogP contribution in [0.2, 0.25) is 0 Å². The third-order valence-corrected chi connectivity index (χ3v) is 4.87. The molecule has 0 aliphatic carbocycles. The summed E-state index contributed by atoms with van der Waals surface area (Å²) >= 11 is 0. The van der Waals surface area contributed by atoms with Gasteiger partial charge in [-0.15, -0.1) is 0 Å². The molecule has 0 rings (SSSR count). The molecule has 3 N–H and O–H groups in total. The maximum Gasteiger partial charge on any atom is 0.318 e. The van der Waals surface area contributed by atoms with E-state index >= 15 is 0 Å². The monoisotopic (exact) mass is 302 g/mol. The molecule has 6 heteroatoms. The smallest absolute Gasteiger partial charge is 0.318 e. The molecule has 21 heavy (non-hydrogen) atoms. The van der Waals surface area contributed by atoms with Gasteiger partial charge >= 0.3 is 17.9 Å². The van der Waals surface area contributed by atoms with Gasteiger partial charge in [0.1, 0.15) is 0 Å². The van der Waals surface area contributed by atoms with Crippen LogP contribution in [0.1, 0.15) is 48.5 Å². The third-order valence-electron chi connectivity index (χ3n) is 4.87. The molecular formula is C15H26O6. The van der Waals surface area contributed by atoms with Crippen LogP contribution in [0.5, 0.6) is 0 Å². The number of aliphatic carboxylic acids is 3. The first kappa shape index (κ1) is 19.4. The molecule has 0 radical (unpaired) electrons. The minimum absolute atomic E-state index is 0.614. The van der Waals surface area contributed by atoms with Gasteiger partial charge in [-0.25, -0.2) is 0 Å². The van der Waals surface area contributed by atoms with Gasteiger partial charge in [0.15, 0.2) is 5.92 Å². The SMILES string of the molecule is CC(C)(C)C(C)(C(C(=O)O)C(C(=O)O)C(=O)O)C(C)(C)C. The summed E-state index contributed by atoms with van der Waals surface area (Å²) in [6.45, 7) is 12.5. The van der Waals surface area contributed by atoms with Crippen LogP contribution in [-0.2, 0) is 14.4 Å². The van der Waals surface area contributed by atoms with Crippen molar-refractivity contribution in [1.82, 2.24) is 0 Å². The molecular weight excluding hydrogens is 276 g/mol. The maximum atomic E-state index is 11.8. The van der Waals surface area contributed by atoms with E-state index in [-0.39, 0.29) is 0 Å². The van der Waals surface area contributed by atoms with Crippen molar-refractivity contribution >= 4 is 17.9 Å². The zero-order valence-electron chi connectivity index (χ0n) is 13.7. The Balaban J connectivity index is 6.45. The molecule has 0 aliphatic heterocycles. The van der Waals surface area contributed by atoms with Gasteiger partial charge < -0.3 is 15.3 Å². The summed E-state index contributed by atoms with van der Waals surface area (Å²) in [6, 6.07) is 0. The average molecular weight is 302 g/mol. The second-order valence-electron chi connectivity index (χ2n) is 7.67. The van der Waals surface area contributed by atoms with Crippen LogP contribution in [0.15, 0.2) is 0 Å². The number of hydrogen-bond acceptors (Lipinski definition) is 3. The molecule has 0 heterocycles. The Kier molecular flexibility index (Phi) is 5.23. The predicted octanol–water partition coefficient (Wildman–Crippen LogP) is 2.57. The van der Waals surface area contributed by atoms with E-state index in [0.29, 0.717) is 0 Å². The quantitative estimate of drug-likeness (QED) is 0.673. The van der Waals surface area contributed by atoms with Crippen molar-refractivity contribution < 1.29 is 29.7 Å². The Morgan fingerprint density at radius 1 is 0.667 bits per heavy atom. The molecule has 1 atom stereocenters. The van der Waals surface area contributed by atoms with Crippen molar-refractivity contribution in [2.24, 2.45) is 28.1 Å². The van der Waals surface area contributed by atoms with Gasteiger partial charge in [-0.05, 0) is 16.2 Å². The van der Waals surface area contributed by atoms with E-state index in [1.807, 2.05) is 0 Å². The Labute approximate surface area is 125 Å². The van der Waals surface area contributed by atoms with Crippen molar-refractivity contribution in [2.75, 3.05) is 0 Å². The molecule has 0 aromatic heterocycles. The summed E-state index contributed by atoms with van der Waals surface area (Å²) < 4.78 is 0. The minimum atomic E-state index is -1.99. The topological polar surface area (TPSA) is 112 Å². The van der Waals surface area contributed by atoms with Crippen molar-refractivity contribution in [3.05, 3.63) is 0 Å². The van der Waals surface area contributed by atoms with E-state index in [4.69, 9.17) is 0 Å². The van der Waals surface area contributed by atoms with Gasteiger partial charge in [-0.1, -0.05) is 48.5 Å². The van der Waals surface area contributed by atoms with Gasteiger partial charge in [0.05, 0.1) is 5.92 Å². The Hall–Kier alpha value is -1.59. The Morgan fingerprint density at radius 2 is 0.952 bits per heavy atom. The highest BCUT2D eigenvalue weighted by molar-refractivity contribution is 5.97. The fourth-order valence-corrected chi connectivity index (χ4v) is 3.17. The first-order valence-corrected chi connectivity index (χ1v) is 6.77. The molecule has 0 amide bonds. The molecule has 0 saturated heterocycles. The largest absolute Gasteiger partial charge is 0.481 e. The summed E-state index contributed by atoms with van der Waals surface area (Å²) in [4.78, 5) is 34.4. The zero-order chi connectivity index (χ0) is 17.4. The molecule has 6 nitrogen and oxygen atoms in total. The first-order valence-electron chi connectivity index (χ1n) is 6.77. The van der Waals surface area contributed by atoms with E-state index < -0.39 is 46.0 Å². The van der Waals surface area contributed by atoms with Crippen molar-refractivity contribution in [3.8, 4) is 0 Å². The van der Waals surface area contributed by atoms with Gasteiger partial charge in [-0.2, -0.15) is 0 Å². The fourth-order valence-electron chi connectivity index (χ4n) is 3.17. The second kappa shape index (κ2) is 5.66. The fraction of sp³-hybridized carbons (Fsp3) is 0.800. The lowest BCUT2D eigenvalue weighted by Gasteiger charge is -2.55. The normalized spacial score (nSPS) is 14.9.